The third kappa shape index (κ3) is 4.52. The Morgan fingerprint density at radius 1 is 1.31 bits per heavy atom. The van der Waals surface area contributed by atoms with Crippen LogP contribution in [0.1, 0.15) is 6.92 Å². The summed E-state index contributed by atoms with van der Waals surface area (Å²) in [6, 6.07) is 10.1. The first-order valence-electron chi connectivity index (χ1n) is 8.61. The van der Waals surface area contributed by atoms with Crippen molar-refractivity contribution in [2.24, 2.45) is 4.99 Å². The first-order chi connectivity index (χ1) is 12.7. The average molecular weight is 367 g/mol. The molecule has 1 heterocycles. The standard InChI is InChI=1S/C20H21N3O2S/c1-2-23(15-8-4-3-5-9-15)13-12-21-19(24)14-18-20(25)22-16-10-6-7-11-17(16)26-18/h3-11,14,17H,2,12-13H2,1H3,(H,21,24)/b18-14-. The van der Waals surface area contributed by atoms with Gasteiger partial charge >= 0.3 is 0 Å². The SMILES string of the molecule is CCN(CCNC(=O)/C=C1\SC2C=CC=CC2=NC1=O)c1ccccc1. The molecule has 1 aliphatic heterocycles. The highest BCUT2D eigenvalue weighted by atomic mass is 32.2. The Bertz CT molecular complexity index is 797. The molecule has 1 N–H and O–H groups in total. The van der Waals surface area contributed by atoms with Gasteiger partial charge in [-0.3, -0.25) is 9.59 Å². The molecular formula is C20H21N3O2S. The van der Waals surface area contributed by atoms with Crippen molar-refractivity contribution in [3.63, 3.8) is 0 Å². The maximum atomic E-state index is 12.2. The Balaban J connectivity index is 1.55. The van der Waals surface area contributed by atoms with Gasteiger partial charge in [0.05, 0.1) is 15.9 Å². The van der Waals surface area contributed by atoms with Crippen molar-refractivity contribution in [3.05, 3.63) is 65.6 Å². The molecule has 26 heavy (non-hydrogen) atoms. The van der Waals surface area contributed by atoms with Crippen LogP contribution in [-0.2, 0) is 9.59 Å². The fourth-order valence-corrected chi connectivity index (χ4v) is 3.78. The third-order valence-electron chi connectivity index (χ3n) is 4.10. The van der Waals surface area contributed by atoms with E-state index < -0.39 is 0 Å². The first-order valence-corrected chi connectivity index (χ1v) is 9.49. The van der Waals surface area contributed by atoms with Crippen LogP contribution in [0, 0.1) is 0 Å². The number of hydrogen-bond donors (Lipinski definition) is 1. The highest BCUT2D eigenvalue weighted by molar-refractivity contribution is 8.05. The van der Waals surface area contributed by atoms with Crippen LogP contribution < -0.4 is 10.2 Å². The first kappa shape index (κ1) is 18.2. The number of fused-ring (bicyclic) bond motifs is 1. The smallest absolute Gasteiger partial charge is 0.283 e. The van der Waals surface area contributed by atoms with Crippen LogP contribution in [0.25, 0.3) is 0 Å². The van der Waals surface area contributed by atoms with Crippen LogP contribution in [-0.4, -0.2) is 42.4 Å². The number of anilines is 1. The van der Waals surface area contributed by atoms with Crippen molar-refractivity contribution in [1.29, 1.82) is 0 Å². The number of hydrogen-bond acceptors (Lipinski definition) is 4. The highest BCUT2D eigenvalue weighted by Crippen LogP contribution is 2.31. The zero-order chi connectivity index (χ0) is 18.4. The van der Waals surface area contributed by atoms with Crippen molar-refractivity contribution in [2.75, 3.05) is 24.5 Å². The van der Waals surface area contributed by atoms with Crippen LogP contribution in [0.3, 0.4) is 0 Å². The summed E-state index contributed by atoms with van der Waals surface area (Å²) in [5.41, 5.74) is 1.86. The second kappa shape index (κ2) is 8.67. The van der Waals surface area contributed by atoms with Crippen molar-refractivity contribution in [1.82, 2.24) is 5.32 Å². The van der Waals surface area contributed by atoms with Crippen molar-refractivity contribution >= 4 is 35.0 Å². The fourth-order valence-electron chi connectivity index (χ4n) is 2.76. The highest BCUT2D eigenvalue weighted by Gasteiger charge is 2.26. The molecule has 0 radical (unpaired) electrons. The Morgan fingerprint density at radius 2 is 2.12 bits per heavy atom. The van der Waals surface area contributed by atoms with Gasteiger partial charge in [0.25, 0.3) is 5.91 Å². The number of benzene rings is 1. The number of para-hydroxylation sites is 1. The zero-order valence-corrected chi connectivity index (χ0v) is 15.4. The van der Waals surface area contributed by atoms with Crippen LogP contribution in [0.5, 0.6) is 0 Å². The molecule has 1 aromatic rings. The van der Waals surface area contributed by atoms with Crippen molar-refractivity contribution in [3.8, 4) is 0 Å². The molecule has 0 saturated carbocycles. The Hall–Kier alpha value is -2.60. The van der Waals surface area contributed by atoms with Gasteiger partial charge in [-0.2, -0.15) is 0 Å². The molecule has 1 aromatic carbocycles. The van der Waals surface area contributed by atoms with Crippen LogP contribution in [0.4, 0.5) is 5.69 Å². The van der Waals surface area contributed by atoms with Gasteiger partial charge in [0.15, 0.2) is 0 Å². The van der Waals surface area contributed by atoms with E-state index in [9.17, 15) is 9.59 Å². The normalized spacial score (nSPS) is 19.9. The minimum Gasteiger partial charge on any atom is -0.370 e. The molecule has 134 valence electrons. The predicted molar refractivity (Wildman–Crippen MR) is 108 cm³/mol. The lowest BCUT2D eigenvalue weighted by atomic mass is 10.1. The molecule has 6 heteroatoms. The largest absolute Gasteiger partial charge is 0.370 e. The minimum absolute atomic E-state index is 0.00501. The van der Waals surface area contributed by atoms with Crippen LogP contribution in [0.2, 0.25) is 0 Å². The van der Waals surface area contributed by atoms with E-state index in [0.717, 1.165) is 17.9 Å². The van der Waals surface area contributed by atoms with Gasteiger partial charge in [0, 0.05) is 31.4 Å². The summed E-state index contributed by atoms with van der Waals surface area (Å²) in [6.07, 6.45) is 8.94. The quantitative estimate of drug-likeness (QED) is 0.786. The fraction of sp³-hybridized carbons (Fsp3) is 0.250. The second-order valence-electron chi connectivity index (χ2n) is 5.84. The molecule has 2 amide bonds. The molecule has 1 unspecified atom stereocenters. The lowest BCUT2D eigenvalue weighted by Gasteiger charge is -2.23. The van der Waals surface area contributed by atoms with E-state index in [1.54, 1.807) is 0 Å². The second-order valence-corrected chi connectivity index (χ2v) is 7.02. The molecule has 1 atom stereocenters. The lowest BCUT2D eigenvalue weighted by molar-refractivity contribution is -0.117. The number of aliphatic imine (C=N–C) groups is 1. The summed E-state index contributed by atoms with van der Waals surface area (Å²) in [5, 5.41) is 2.86. The molecule has 0 spiro atoms. The molecular weight excluding hydrogens is 346 g/mol. The topological polar surface area (TPSA) is 61.8 Å². The number of nitrogens with zero attached hydrogens (tertiary/aromatic N) is 2. The number of allylic oxidation sites excluding steroid dienone is 3. The van der Waals surface area contributed by atoms with Gasteiger partial charge in [0.1, 0.15) is 0 Å². The van der Waals surface area contributed by atoms with Crippen molar-refractivity contribution in [2.45, 2.75) is 12.2 Å². The van der Waals surface area contributed by atoms with Gasteiger partial charge in [0.2, 0.25) is 5.91 Å². The molecule has 0 bridgehead atoms. The number of nitrogens with one attached hydrogen (secondary N) is 1. The van der Waals surface area contributed by atoms with E-state index >= 15 is 0 Å². The Labute approximate surface area is 157 Å². The molecule has 0 fully saturated rings. The minimum atomic E-state index is -0.351. The summed E-state index contributed by atoms with van der Waals surface area (Å²) >= 11 is 1.36. The van der Waals surface area contributed by atoms with E-state index in [0.29, 0.717) is 18.0 Å². The number of amides is 2. The summed E-state index contributed by atoms with van der Waals surface area (Å²) in [6.45, 7) is 4.14. The summed E-state index contributed by atoms with van der Waals surface area (Å²) in [7, 11) is 0. The van der Waals surface area contributed by atoms with Crippen molar-refractivity contribution < 1.29 is 9.59 Å². The average Bonchev–Trinajstić information content (AvgIpc) is 2.66. The number of carbonyl (C=O) groups excluding carboxylic acids is 2. The van der Waals surface area contributed by atoms with Gasteiger partial charge in [-0.15, -0.1) is 11.8 Å². The van der Waals surface area contributed by atoms with E-state index in [2.05, 4.69) is 22.1 Å². The van der Waals surface area contributed by atoms with Gasteiger partial charge in [-0.25, -0.2) is 4.99 Å². The Morgan fingerprint density at radius 3 is 2.88 bits per heavy atom. The van der Waals surface area contributed by atoms with Crippen LogP contribution in [0.15, 0.2) is 70.6 Å². The molecule has 2 aliphatic rings. The number of likely N-dealkylation sites (N-methyl/N-ethyl adjacent to an activating group) is 1. The predicted octanol–water partition coefficient (Wildman–Crippen LogP) is 2.72. The molecule has 5 nitrogen and oxygen atoms in total. The van der Waals surface area contributed by atoms with Gasteiger partial charge in [-0.1, -0.05) is 36.4 Å². The monoisotopic (exact) mass is 367 g/mol. The summed E-state index contributed by atoms with van der Waals surface area (Å²) in [4.78, 5) is 30.9. The number of rotatable bonds is 6. The maximum absolute atomic E-state index is 12.2. The van der Waals surface area contributed by atoms with E-state index in [1.165, 1.54) is 17.8 Å². The summed E-state index contributed by atoms with van der Waals surface area (Å²) < 4.78 is 0. The third-order valence-corrected chi connectivity index (χ3v) is 5.30. The van der Waals surface area contributed by atoms with E-state index in [4.69, 9.17) is 0 Å². The van der Waals surface area contributed by atoms with Crippen LogP contribution >= 0.6 is 11.8 Å². The molecule has 3 rings (SSSR count). The number of carbonyl (C=O) groups is 2. The van der Waals surface area contributed by atoms with E-state index in [1.807, 2.05) is 54.6 Å². The molecule has 1 aliphatic carbocycles. The number of thioether (sulfide) groups is 1. The Kier molecular flexibility index (Phi) is 6.07. The molecule has 0 aromatic heterocycles. The maximum Gasteiger partial charge on any atom is 0.283 e. The van der Waals surface area contributed by atoms with Gasteiger partial charge < -0.3 is 10.2 Å². The van der Waals surface area contributed by atoms with Gasteiger partial charge in [-0.05, 0) is 25.1 Å². The lowest BCUT2D eigenvalue weighted by Crippen LogP contribution is -2.34. The van der Waals surface area contributed by atoms with E-state index in [-0.39, 0.29) is 17.1 Å². The summed E-state index contributed by atoms with van der Waals surface area (Å²) in [5.74, 6) is -0.616. The molecule has 0 saturated heterocycles. The zero-order valence-electron chi connectivity index (χ0n) is 14.6.